The summed E-state index contributed by atoms with van der Waals surface area (Å²) in [5.74, 6) is 0.340. The number of fused-ring (bicyclic) bond motifs is 1. The van der Waals surface area contributed by atoms with Gasteiger partial charge in [-0.1, -0.05) is 58.0 Å². The fourth-order valence-corrected chi connectivity index (χ4v) is 3.96. The molecular formula is C21H19BrN4OS. The number of thioether (sulfide) groups is 1. The molecule has 1 amide bonds. The Hall–Kier alpha value is -2.51. The number of para-hydroxylation sites is 1. The molecule has 0 fully saturated rings. The van der Waals surface area contributed by atoms with E-state index >= 15 is 0 Å². The standard InChI is InChI=1S/C21H19BrN4OS/c22-16-7-5-14(6-8-16)19-12-25-21(26-19)28-13-20(27)23-10-9-15-11-24-18-4-2-1-3-17(15)18/h1-8,11-12,24H,9-10,13H2,(H,23,27)(H,25,26). The minimum absolute atomic E-state index is 0.00596. The molecule has 4 aromatic rings. The summed E-state index contributed by atoms with van der Waals surface area (Å²) in [6.45, 7) is 0.615. The Morgan fingerprint density at radius 2 is 1.96 bits per heavy atom. The highest BCUT2D eigenvalue weighted by atomic mass is 79.9. The van der Waals surface area contributed by atoms with Crippen molar-refractivity contribution in [1.29, 1.82) is 0 Å². The lowest BCUT2D eigenvalue weighted by atomic mass is 10.1. The van der Waals surface area contributed by atoms with Crippen LogP contribution in [-0.2, 0) is 11.2 Å². The molecule has 2 aromatic heterocycles. The van der Waals surface area contributed by atoms with Gasteiger partial charge in [0.05, 0.1) is 17.6 Å². The second-order valence-electron chi connectivity index (χ2n) is 6.36. The molecule has 2 aromatic carbocycles. The van der Waals surface area contributed by atoms with Crippen molar-refractivity contribution in [3.8, 4) is 11.3 Å². The van der Waals surface area contributed by atoms with Gasteiger partial charge >= 0.3 is 0 Å². The number of benzene rings is 2. The maximum absolute atomic E-state index is 12.1. The van der Waals surface area contributed by atoms with Gasteiger partial charge in [0.1, 0.15) is 0 Å². The lowest BCUT2D eigenvalue weighted by Crippen LogP contribution is -2.27. The molecule has 0 saturated carbocycles. The highest BCUT2D eigenvalue weighted by Crippen LogP contribution is 2.23. The fourth-order valence-electron chi connectivity index (χ4n) is 3.01. The minimum Gasteiger partial charge on any atom is -0.361 e. The van der Waals surface area contributed by atoms with Crippen LogP contribution in [0.15, 0.2) is 70.6 Å². The maximum atomic E-state index is 12.1. The lowest BCUT2D eigenvalue weighted by molar-refractivity contribution is -0.118. The van der Waals surface area contributed by atoms with Gasteiger partial charge in [-0.25, -0.2) is 4.98 Å². The van der Waals surface area contributed by atoms with Crippen LogP contribution >= 0.6 is 27.7 Å². The number of carbonyl (C=O) groups excluding carboxylic acids is 1. The van der Waals surface area contributed by atoms with Crippen LogP contribution in [0.1, 0.15) is 5.56 Å². The van der Waals surface area contributed by atoms with Crippen LogP contribution in [0.3, 0.4) is 0 Å². The van der Waals surface area contributed by atoms with E-state index in [1.165, 1.54) is 22.7 Å². The molecule has 28 heavy (non-hydrogen) atoms. The Kier molecular flexibility index (Phi) is 5.83. The van der Waals surface area contributed by atoms with E-state index in [4.69, 9.17) is 0 Å². The van der Waals surface area contributed by atoms with Crippen LogP contribution in [-0.4, -0.2) is 33.2 Å². The predicted octanol–water partition coefficient (Wildman–Crippen LogP) is 4.77. The maximum Gasteiger partial charge on any atom is 0.230 e. The van der Waals surface area contributed by atoms with Gasteiger partial charge in [0, 0.05) is 28.1 Å². The van der Waals surface area contributed by atoms with Gasteiger partial charge in [-0.3, -0.25) is 4.79 Å². The molecule has 7 heteroatoms. The van der Waals surface area contributed by atoms with E-state index in [0.29, 0.717) is 12.3 Å². The van der Waals surface area contributed by atoms with E-state index in [1.807, 2.05) is 42.6 Å². The number of nitrogens with zero attached hydrogens (tertiary/aromatic N) is 1. The van der Waals surface area contributed by atoms with Crippen molar-refractivity contribution < 1.29 is 4.79 Å². The number of carbonyl (C=O) groups is 1. The van der Waals surface area contributed by atoms with Gasteiger partial charge in [-0.05, 0) is 35.7 Å². The molecular weight excluding hydrogens is 436 g/mol. The van der Waals surface area contributed by atoms with Crippen LogP contribution in [0.5, 0.6) is 0 Å². The third-order valence-corrected chi connectivity index (χ3v) is 5.86. The molecule has 4 rings (SSSR count). The Labute approximate surface area is 175 Å². The predicted molar refractivity (Wildman–Crippen MR) is 117 cm³/mol. The molecule has 3 N–H and O–H groups in total. The van der Waals surface area contributed by atoms with Crippen LogP contribution in [0, 0.1) is 0 Å². The first kappa shape index (κ1) is 18.8. The monoisotopic (exact) mass is 454 g/mol. The Bertz CT molecular complexity index is 1090. The van der Waals surface area contributed by atoms with Crippen LogP contribution in [0.4, 0.5) is 0 Å². The number of halogens is 1. The quantitative estimate of drug-likeness (QED) is 0.352. The first-order valence-corrected chi connectivity index (χ1v) is 10.7. The summed E-state index contributed by atoms with van der Waals surface area (Å²) in [4.78, 5) is 23.0. The summed E-state index contributed by atoms with van der Waals surface area (Å²) in [6, 6.07) is 16.2. The number of hydrogen-bond acceptors (Lipinski definition) is 3. The van der Waals surface area contributed by atoms with Crippen LogP contribution in [0.2, 0.25) is 0 Å². The van der Waals surface area contributed by atoms with Crippen molar-refractivity contribution in [2.24, 2.45) is 0 Å². The molecule has 5 nitrogen and oxygen atoms in total. The Morgan fingerprint density at radius 3 is 2.82 bits per heavy atom. The number of aromatic amines is 2. The normalized spacial score (nSPS) is 11.0. The topological polar surface area (TPSA) is 73.6 Å². The molecule has 142 valence electrons. The van der Waals surface area contributed by atoms with Crippen molar-refractivity contribution in [2.75, 3.05) is 12.3 Å². The number of amides is 1. The summed E-state index contributed by atoms with van der Waals surface area (Å²) >= 11 is 4.84. The second kappa shape index (κ2) is 8.67. The van der Waals surface area contributed by atoms with Gasteiger partial charge in [0.2, 0.25) is 5.91 Å². The average Bonchev–Trinajstić information content (AvgIpc) is 3.35. The van der Waals surface area contributed by atoms with Crippen molar-refractivity contribution in [2.45, 2.75) is 11.6 Å². The smallest absolute Gasteiger partial charge is 0.230 e. The number of imidazole rings is 1. The van der Waals surface area contributed by atoms with Gasteiger partial charge in [0.15, 0.2) is 5.16 Å². The van der Waals surface area contributed by atoms with Gasteiger partial charge in [-0.15, -0.1) is 0 Å². The molecule has 0 bridgehead atoms. The number of nitrogens with one attached hydrogen (secondary N) is 3. The summed E-state index contributed by atoms with van der Waals surface area (Å²) in [7, 11) is 0. The molecule has 0 aliphatic rings. The number of hydrogen-bond donors (Lipinski definition) is 3. The zero-order chi connectivity index (χ0) is 19.3. The molecule has 0 saturated heterocycles. The van der Waals surface area contributed by atoms with E-state index in [0.717, 1.165) is 32.8 Å². The highest BCUT2D eigenvalue weighted by molar-refractivity contribution is 9.10. The second-order valence-corrected chi connectivity index (χ2v) is 8.24. The minimum atomic E-state index is 0.00596. The Balaban J connectivity index is 1.25. The van der Waals surface area contributed by atoms with E-state index in [1.54, 1.807) is 6.20 Å². The zero-order valence-corrected chi connectivity index (χ0v) is 17.4. The Morgan fingerprint density at radius 1 is 1.14 bits per heavy atom. The lowest BCUT2D eigenvalue weighted by Gasteiger charge is -2.04. The van der Waals surface area contributed by atoms with E-state index < -0.39 is 0 Å². The number of H-pyrrole nitrogens is 2. The van der Waals surface area contributed by atoms with E-state index in [9.17, 15) is 4.79 Å². The van der Waals surface area contributed by atoms with Gasteiger partial charge in [0.25, 0.3) is 0 Å². The molecule has 0 radical (unpaired) electrons. The van der Waals surface area contributed by atoms with Crippen molar-refractivity contribution >= 4 is 44.5 Å². The molecule has 0 aliphatic carbocycles. The molecule has 0 spiro atoms. The molecule has 0 unspecified atom stereocenters. The summed E-state index contributed by atoms with van der Waals surface area (Å²) < 4.78 is 1.04. The zero-order valence-electron chi connectivity index (χ0n) is 15.0. The molecule has 2 heterocycles. The summed E-state index contributed by atoms with van der Waals surface area (Å²) in [5.41, 5.74) is 4.34. The molecule has 0 aliphatic heterocycles. The summed E-state index contributed by atoms with van der Waals surface area (Å²) in [5, 5.41) is 4.93. The van der Waals surface area contributed by atoms with Crippen LogP contribution < -0.4 is 5.32 Å². The molecule has 0 atom stereocenters. The average molecular weight is 455 g/mol. The van der Waals surface area contributed by atoms with E-state index in [-0.39, 0.29) is 5.91 Å². The largest absolute Gasteiger partial charge is 0.361 e. The number of aromatic nitrogens is 3. The first-order chi connectivity index (χ1) is 13.7. The third-order valence-electron chi connectivity index (χ3n) is 4.44. The number of rotatable bonds is 7. The third kappa shape index (κ3) is 4.48. The highest BCUT2D eigenvalue weighted by Gasteiger charge is 2.08. The SMILES string of the molecule is O=C(CSc1ncc(-c2ccc(Br)cc2)[nH]1)NCCc1c[nH]c2ccccc12. The first-order valence-electron chi connectivity index (χ1n) is 8.94. The van der Waals surface area contributed by atoms with E-state index in [2.05, 4.69) is 48.3 Å². The van der Waals surface area contributed by atoms with Gasteiger partial charge in [-0.2, -0.15) is 0 Å². The van der Waals surface area contributed by atoms with Gasteiger partial charge < -0.3 is 15.3 Å². The summed E-state index contributed by atoms with van der Waals surface area (Å²) in [6.07, 6.45) is 4.60. The van der Waals surface area contributed by atoms with Crippen molar-refractivity contribution in [3.05, 3.63) is 71.0 Å². The fraction of sp³-hybridized carbons (Fsp3) is 0.143. The van der Waals surface area contributed by atoms with Crippen molar-refractivity contribution in [1.82, 2.24) is 20.3 Å². The van der Waals surface area contributed by atoms with Crippen molar-refractivity contribution in [3.63, 3.8) is 0 Å². The van der Waals surface area contributed by atoms with Crippen LogP contribution in [0.25, 0.3) is 22.2 Å².